The van der Waals surface area contributed by atoms with Gasteiger partial charge < -0.3 is 5.11 Å². The first-order valence-corrected chi connectivity index (χ1v) is 9.00. The summed E-state index contributed by atoms with van der Waals surface area (Å²) in [5.41, 5.74) is 3.17. The SMILES string of the molecule is O=C(O)[C@H](/C=C/c1ccccc1)N(Cc1ccccc1)Cc1ccccc1. The average Bonchev–Trinajstić information content (AvgIpc) is 2.70. The van der Waals surface area contributed by atoms with Crippen LogP contribution in [0.5, 0.6) is 0 Å². The van der Waals surface area contributed by atoms with Gasteiger partial charge in [-0.2, -0.15) is 0 Å². The van der Waals surface area contributed by atoms with Gasteiger partial charge in [0.25, 0.3) is 0 Å². The number of benzene rings is 3. The first-order chi connectivity index (χ1) is 13.2. The highest BCUT2D eigenvalue weighted by molar-refractivity contribution is 5.77. The number of carboxylic acids is 1. The molecule has 0 heterocycles. The summed E-state index contributed by atoms with van der Waals surface area (Å²) < 4.78 is 0. The Morgan fingerprint density at radius 1 is 0.778 bits per heavy atom. The van der Waals surface area contributed by atoms with Crippen LogP contribution in [-0.2, 0) is 17.9 Å². The lowest BCUT2D eigenvalue weighted by Crippen LogP contribution is -2.38. The molecule has 0 saturated heterocycles. The smallest absolute Gasteiger partial charge is 0.324 e. The molecule has 0 fully saturated rings. The Kier molecular flexibility index (Phi) is 6.55. The van der Waals surface area contributed by atoms with E-state index in [1.807, 2.05) is 102 Å². The second-order valence-electron chi connectivity index (χ2n) is 6.43. The predicted molar refractivity (Wildman–Crippen MR) is 109 cm³/mol. The fourth-order valence-electron chi connectivity index (χ4n) is 3.02. The molecule has 3 aromatic rings. The number of carboxylic acid groups (broad SMARTS) is 1. The van der Waals surface area contributed by atoms with Crippen LogP contribution in [0.4, 0.5) is 0 Å². The maximum absolute atomic E-state index is 12.0. The molecule has 1 atom stereocenters. The maximum Gasteiger partial charge on any atom is 0.324 e. The van der Waals surface area contributed by atoms with Gasteiger partial charge in [-0.05, 0) is 16.7 Å². The quantitative estimate of drug-likeness (QED) is 0.626. The summed E-state index contributed by atoms with van der Waals surface area (Å²) in [6.07, 6.45) is 3.64. The molecule has 0 amide bonds. The zero-order chi connectivity index (χ0) is 18.9. The molecule has 0 bridgehead atoms. The van der Waals surface area contributed by atoms with Gasteiger partial charge in [0.1, 0.15) is 6.04 Å². The zero-order valence-electron chi connectivity index (χ0n) is 15.1. The van der Waals surface area contributed by atoms with E-state index in [4.69, 9.17) is 0 Å². The molecular weight excluding hydrogens is 334 g/mol. The molecular formula is C24H23NO2. The third-order valence-electron chi connectivity index (χ3n) is 4.37. The molecule has 3 aromatic carbocycles. The van der Waals surface area contributed by atoms with E-state index < -0.39 is 12.0 Å². The topological polar surface area (TPSA) is 40.5 Å². The van der Waals surface area contributed by atoms with Crippen molar-refractivity contribution in [3.8, 4) is 0 Å². The van der Waals surface area contributed by atoms with Crippen LogP contribution in [0.3, 0.4) is 0 Å². The zero-order valence-corrected chi connectivity index (χ0v) is 15.1. The molecule has 0 saturated carbocycles. The van der Waals surface area contributed by atoms with Crippen LogP contribution in [0.25, 0.3) is 6.08 Å². The molecule has 0 aromatic heterocycles. The Balaban J connectivity index is 1.87. The highest BCUT2D eigenvalue weighted by atomic mass is 16.4. The third kappa shape index (κ3) is 5.66. The summed E-state index contributed by atoms with van der Waals surface area (Å²) in [4.78, 5) is 14.0. The molecule has 0 aliphatic heterocycles. The Hall–Kier alpha value is -3.17. The largest absolute Gasteiger partial charge is 0.480 e. The van der Waals surface area contributed by atoms with Crippen LogP contribution < -0.4 is 0 Å². The number of hydrogen-bond acceptors (Lipinski definition) is 2. The van der Waals surface area contributed by atoms with Crippen molar-refractivity contribution in [2.45, 2.75) is 19.1 Å². The molecule has 0 radical (unpaired) electrons. The van der Waals surface area contributed by atoms with E-state index in [0.717, 1.165) is 16.7 Å². The summed E-state index contributed by atoms with van der Waals surface area (Å²) in [6, 6.07) is 29.0. The molecule has 3 rings (SSSR count). The van der Waals surface area contributed by atoms with Gasteiger partial charge in [0.05, 0.1) is 0 Å². The van der Waals surface area contributed by atoms with Crippen LogP contribution in [-0.4, -0.2) is 22.0 Å². The van der Waals surface area contributed by atoms with Gasteiger partial charge in [-0.3, -0.25) is 9.69 Å². The Morgan fingerprint density at radius 3 is 1.67 bits per heavy atom. The van der Waals surface area contributed by atoms with Gasteiger partial charge in [0.2, 0.25) is 0 Å². The van der Waals surface area contributed by atoms with Crippen LogP contribution in [0.2, 0.25) is 0 Å². The lowest BCUT2D eigenvalue weighted by Gasteiger charge is -2.27. The minimum absolute atomic E-state index is 0.561. The standard InChI is InChI=1S/C24H23NO2/c26-24(27)23(17-16-20-10-4-1-5-11-20)25(18-21-12-6-2-7-13-21)19-22-14-8-3-9-15-22/h1-17,23H,18-19H2,(H,26,27)/b17-16+/t23-/m0/s1. The lowest BCUT2D eigenvalue weighted by molar-refractivity contribution is -0.141. The van der Waals surface area contributed by atoms with E-state index in [9.17, 15) is 9.90 Å². The number of carbonyl (C=O) groups is 1. The van der Waals surface area contributed by atoms with Gasteiger partial charge in [-0.1, -0.05) is 103 Å². The molecule has 0 aliphatic rings. The monoisotopic (exact) mass is 357 g/mol. The van der Waals surface area contributed by atoms with E-state index >= 15 is 0 Å². The van der Waals surface area contributed by atoms with Crippen LogP contribution >= 0.6 is 0 Å². The summed E-state index contributed by atoms with van der Waals surface area (Å²) in [6.45, 7) is 1.12. The molecule has 0 aliphatic carbocycles. The highest BCUT2D eigenvalue weighted by Gasteiger charge is 2.23. The van der Waals surface area contributed by atoms with E-state index in [-0.39, 0.29) is 0 Å². The van der Waals surface area contributed by atoms with Crippen molar-refractivity contribution in [3.05, 3.63) is 114 Å². The Morgan fingerprint density at radius 2 is 1.22 bits per heavy atom. The van der Waals surface area contributed by atoms with Crippen molar-refractivity contribution in [3.63, 3.8) is 0 Å². The molecule has 136 valence electrons. The first kappa shape index (κ1) is 18.6. The van der Waals surface area contributed by atoms with Gasteiger partial charge in [-0.15, -0.1) is 0 Å². The first-order valence-electron chi connectivity index (χ1n) is 9.00. The van der Waals surface area contributed by atoms with Crippen molar-refractivity contribution in [2.24, 2.45) is 0 Å². The summed E-state index contributed by atoms with van der Waals surface area (Å²) in [5, 5.41) is 9.88. The number of rotatable bonds is 8. The van der Waals surface area contributed by atoms with Crippen molar-refractivity contribution in [1.29, 1.82) is 0 Å². The normalized spacial score (nSPS) is 12.3. The minimum atomic E-state index is -0.853. The van der Waals surface area contributed by atoms with Gasteiger partial charge >= 0.3 is 5.97 Å². The molecule has 27 heavy (non-hydrogen) atoms. The molecule has 0 spiro atoms. The summed E-state index contributed by atoms with van der Waals surface area (Å²) >= 11 is 0. The van der Waals surface area contributed by atoms with Crippen molar-refractivity contribution in [2.75, 3.05) is 0 Å². The van der Waals surface area contributed by atoms with Gasteiger partial charge in [0, 0.05) is 13.1 Å². The van der Waals surface area contributed by atoms with Gasteiger partial charge in [0.15, 0.2) is 0 Å². The molecule has 3 heteroatoms. The van der Waals surface area contributed by atoms with E-state index in [0.29, 0.717) is 13.1 Å². The highest BCUT2D eigenvalue weighted by Crippen LogP contribution is 2.16. The molecule has 3 nitrogen and oxygen atoms in total. The average molecular weight is 357 g/mol. The van der Waals surface area contributed by atoms with Crippen LogP contribution in [0, 0.1) is 0 Å². The molecule has 0 unspecified atom stereocenters. The van der Waals surface area contributed by atoms with E-state index in [1.165, 1.54) is 0 Å². The van der Waals surface area contributed by atoms with E-state index in [1.54, 1.807) is 6.08 Å². The number of nitrogens with zero attached hydrogens (tertiary/aromatic N) is 1. The number of hydrogen-bond donors (Lipinski definition) is 1. The third-order valence-corrected chi connectivity index (χ3v) is 4.37. The maximum atomic E-state index is 12.0. The minimum Gasteiger partial charge on any atom is -0.480 e. The summed E-state index contributed by atoms with van der Waals surface area (Å²) in [7, 11) is 0. The van der Waals surface area contributed by atoms with E-state index in [2.05, 4.69) is 0 Å². The fourth-order valence-corrected chi connectivity index (χ4v) is 3.02. The predicted octanol–water partition coefficient (Wildman–Crippen LogP) is 4.86. The number of aliphatic carboxylic acids is 1. The van der Waals surface area contributed by atoms with Crippen LogP contribution in [0.1, 0.15) is 16.7 Å². The summed E-state index contributed by atoms with van der Waals surface area (Å²) in [5.74, 6) is -0.853. The van der Waals surface area contributed by atoms with Crippen molar-refractivity contribution >= 4 is 12.0 Å². The lowest BCUT2D eigenvalue weighted by atomic mass is 10.1. The second-order valence-corrected chi connectivity index (χ2v) is 6.43. The Bertz CT molecular complexity index is 819. The van der Waals surface area contributed by atoms with Crippen molar-refractivity contribution in [1.82, 2.24) is 4.90 Å². The Labute approximate surface area is 160 Å². The van der Waals surface area contributed by atoms with Crippen LogP contribution in [0.15, 0.2) is 97.1 Å². The van der Waals surface area contributed by atoms with Gasteiger partial charge in [-0.25, -0.2) is 0 Å². The second kappa shape index (κ2) is 9.51. The molecule has 1 N–H and O–H groups in total. The van der Waals surface area contributed by atoms with Crippen molar-refractivity contribution < 1.29 is 9.90 Å². The fraction of sp³-hybridized carbons (Fsp3) is 0.125.